The Labute approximate surface area is 184 Å². The van der Waals surface area contributed by atoms with Crippen molar-refractivity contribution < 1.29 is 23.7 Å². The summed E-state index contributed by atoms with van der Waals surface area (Å²) in [6.45, 7) is 0.101. The number of benzene rings is 1. The summed E-state index contributed by atoms with van der Waals surface area (Å²) in [5.74, 6) is -1.53. The number of rotatable bonds is 5. The number of hydrogen-bond acceptors (Lipinski definition) is 8. The van der Waals surface area contributed by atoms with Gasteiger partial charge in [0.15, 0.2) is 0 Å². The molecule has 2 aliphatic rings. The first-order valence-corrected chi connectivity index (χ1v) is 10.1. The zero-order valence-corrected chi connectivity index (χ0v) is 18.0. The van der Waals surface area contributed by atoms with Crippen LogP contribution in [0.1, 0.15) is 18.7 Å². The van der Waals surface area contributed by atoms with Gasteiger partial charge >= 0.3 is 0 Å². The van der Waals surface area contributed by atoms with Gasteiger partial charge in [0.05, 0.1) is 6.54 Å². The van der Waals surface area contributed by atoms with Gasteiger partial charge in [-0.3, -0.25) is 29.4 Å². The molecule has 2 aliphatic heterocycles. The van der Waals surface area contributed by atoms with Gasteiger partial charge in [0.2, 0.25) is 23.5 Å². The topological polar surface area (TPSA) is 126 Å². The Bertz CT molecular complexity index is 1080. The summed E-state index contributed by atoms with van der Waals surface area (Å²) < 4.78 is 5.47. The van der Waals surface area contributed by atoms with Gasteiger partial charge < -0.3 is 9.42 Å². The predicted molar refractivity (Wildman–Crippen MR) is 110 cm³/mol. The van der Waals surface area contributed by atoms with E-state index in [2.05, 4.69) is 15.5 Å². The number of nitrogens with one attached hydrogen (secondary N) is 1. The van der Waals surface area contributed by atoms with Gasteiger partial charge in [0.25, 0.3) is 11.8 Å². The van der Waals surface area contributed by atoms with Gasteiger partial charge in [-0.2, -0.15) is 4.98 Å². The molecule has 154 valence electrons. The Morgan fingerprint density at radius 2 is 1.93 bits per heavy atom. The van der Waals surface area contributed by atoms with Crippen LogP contribution in [-0.2, 0) is 25.7 Å². The summed E-state index contributed by atoms with van der Waals surface area (Å²) in [5, 5.41) is 6.12. The number of carbonyl (C=O) groups excluding carboxylic acids is 4. The minimum atomic E-state index is -1.01. The highest BCUT2D eigenvalue weighted by molar-refractivity contribution is 14.1. The second kappa shape index (κ2) is 7.97. The molecule has 10 nitrogen and oxygen atoms in total. The van der Waals surface area contributed by atoms with Gasteiger partial charge in [0.1, 0.15) is 15.3 Å². The van der Waals surface area contributed by atoms with Crippen molar-refractivity contribution in [1.29, 1.82) is 0 Å². The minimum absolute atomic E-state index is 0.0689. The molecule has 1 aromatic carbocycles. The van der Waals surface area contributed by atoms with E-state index in [0.29, 0.717) is 5.82 Å². The van der Waals surface area contributed by atoms with Crippen LogP contribution in [0.5, 0.6) is 0 Å². The first-order valence-electron chi connectivity index (χ1n) is 9.07. The molecule has 1 fully saturated rings. The number of amides is 4. The zero-order chi connectivity index (χ0) is 21.4. The van der Waals surface area contributed by atoms with Crippen molar-refractivity contribution in [1.82, 2.24) is 25.3 Å². The van der Waals surface area contributed by atoms with Crippen LogP contribution >= 0.6 is 22.6 Å². The van der Waals surface area contributed by atoms with Crippen LogP contribution in [0.4, 0.5) is 0 Å². The second-order valence-electron chi connectivity index (χ2n) is 6.84. The molecule has 30 heavy (non-hydrogen) atoms. The van der Waals surface area contributed by atoms with E-state index in [0.717, 1.165) is 10.5 Å². The van der Waals surface area contributed by atoms with Gasteiger partial charge in [-0.05, 0) is 29.0 Å². The highest BCUT2D eigenvalue weighted by atomic mass is 127. The summed E-state index contributed by atoms with van der Waals surface area (Å²) in [6.07, 6.45) is 0.173. The fourth-order valence-corrected chi connectivity index (χ4v) is 4.26. The number of aromatic nitrogens is 2. The monoisotopic (exact) mass is 521 g/mol. The summed E-state index contributed by atoms with van der Waals surface area (Å²) in [7, 11) is 1.62. The van der Waals surface area contributed by atoms with E-state index in [1.165, 1.54) is 4.90 Å². The third-order valence-electron chi connectivity index (χ3n) is 4.81. The average Bonchev–Trinajstić information content (AvgIpc) is 3.26. The van der Waals surface area contributed by atoms with E-state index in [1.54, 1.807) is 29.6 Å². The van der Waals surface area contributed by atoms with Gasteiger partial charge in [-0.25, -0.2) is 0 Å². The molecule has 4 rings (SSSR count). The number of piperidine rings is 1. The highest BCUT2D eigenvalue weighted by Gasteiger charge is 2.46. The summed E-state index contributed by atoms with van der Waals surface area (Å²) in [6, 6.07) is 8.28. The fourth-order valence-electron chi connectivity index (χ4n) is 3.36. The Kier molecular flexibility index (Phi) is 5.37. The molecule has 4 amide bonds. The molecule has 1 unspecified atom stereocenters. The molecular formula is C19H16IN5O5. The molecule has 1 aromatic heterocycles. The molecule has 2 aromatic rings. The third-order valence-corrected chi connectivity index (χ3v) is 5.78. The largest absolute Gasteiger partial charge is 0.360 e. The molecule has 3 heterocycles. The van der Waals surface area contributed by atoms with E-state index in [-0.39, 0.29) is 34.6 Å². The molecule has 0 saturated carbocycles. The standard InChI is InChI=1S/C19H16IN5O5/c1-24(9-13-22-16(23-30-13)10-5-3-2-4-6-10)15-14(20)18(28)25(19(15)29)11-7-8-12(26)21-17(11)27/h2-6,11H,7-9H2,1H3,(H,21,26,27). The Morgan fingerprint density at radius 3 is 2.63 bits per heavy atom. The molecule has 0 radical (unpaired) electrons. The number of nitrogens with zero attached hydrogens (tertiary/aromatic N) is 4. The SMILES string of the molecule is CN(Cc1nc(-c2ccccc2)no1)C1=C(I)C(=O)N(C2CCC(=O)NC2=O)C1=O. The number of likely N-dealkylation sites (N-methyl/N-ethyl adjacent to an activating group) is 1. The normalized spacial score (nSPS) is 19.5. The quantitative estimate of drug-likeness (QED) is 0.456. The molecule has 0 bridgehead atoms. The lowest BCUT2D eigenvalue weighted by molar-refractivity contribution is -0.150. The van der Waals surface area contributed by atoms with E-state index >= 15 is 0 Å². The predicted octanol–water partition coefficient (Wildman–Crippen LogP) is 0.989. The van der Waals surface area contributed by atoms with Gasteiger partial charge in [-0.15, -0.1) is 0 Å². The second-order valence-corrected chi connectivity index (χ2v) is 7.92. The van der Waals surface area contributed by atoms with E-state index in [4.69, 9.17) is 4.52 Å². The summed E-state index contributed by atoms with van der Waals surface area (Å²) >= 11 is 1.79. The maximum atomic E-state index is 13.0. The average molecular weight is 521 g/mol. The van der Waals surface area contributed by atoms with E-state index < -0.39 is 29.7 Å². The van der Waals surface area contributed by atoms with Crippen LogP contribution in [0, 0.1) is 0 Å². The molecule has 1 saturated heterocycles. The lowest BCUT2D eigenvalue weighted by Gasteiger charge is -2.28. The number of hydrogen-bond donors (Lipinski definition) is 1. The Hall–Kier alpha value is -3.09. The molecule has 0 aliphatic carbocycles. The van der Waals surface area contributed by atoms with Crippen molar-refractivity contribution in [3.05, 3.63) is 45.5 Å². The molecule has 1 N–H and O–H groups in total. The zero-order valence-electron chi connectivity index (χ0n) is 15.8. The van der Waals surface area contributed by atoms with Crippen LogP contribution in [0.3, 0.4) is 0 Å². The minimum Gasteiger partial charge on any atom is -0.360 e. The van der Waals surface area contributed by atoms with Crippen molar-refractivity contribution >= 4 is 46.2 Å². The first-order chi connectivity index (χ1) is 14.4. The Morgan fingerprint density at radius 1 is 1.20 bits per heavy atom. The maximum Gasteiger partial charge on any atom is 0.279 e. The number of carbonyl (C=O) groups is 4. The molecule has 1 atom stereocenters. The summed E-state index contributed by atoms with van der Waals surface area (Å²) in [5.41, 5.74) is 0.935. The van der Waals surface area contributed by atoms with Crippen molar-refractivity contribution in [2.24, 2.45) is 0 Å². The van der Waals surface area contributed by atoms with Crippen LogP contribution in [-0.4, -0.2) is 56.7 Å². The van der Waals surface area contributed by atoms with Crippen molar-refractivity contribution in [2.45, 2.75) is 25.4 Å². The van der Waals surface area contributed by atoms with Crippen LogP contribution in [0.2, 0.25) is 0 Å². The van der Waals surface area contributed by atoms with Crippen LogP contribution < -0.4 is 5.32 Å². The smallest absolute Gasteiger partial charge is 0.279 e. The van der Waals surface area contributed by atoms with Crippen molar-refractivity contribution in [2.75, 3.05) is 7.05 Å². The molecule has 0 spiro atoms. The lowest BCUT2D eigenvalue weighted by Crippen LogP contribution is -2.55. The number of halogens is 1. The van der Waals surface area contributed by atoms with Crippen LogP contribution in [0.15, 0.2) is 44.1 Å². The fraction of sp³-hybridized carbons (Fsp3) is 0.263. The summed E-state index contributed by atoms with van der Waals surface area (Å²) in [4.78, 5) is 56.0. The third kappa shape index (κ3) is 3.60. The first kappa shape index (κ1) is 20.2. The van der Waals surface area contributed by atoms with Crippen LogP contribution in [0.25, 0.3) is 11.4 Å². The van der Waals surface area contributed by atoms with E-state index in [9.17, 15) is 19.2 Å². The Balaban J connectivity index is 1.51. The molecular weight excluding hydrogens is 505 g/mol. The van der Waals surface area contributed by atoms with Gasteiger partial charge in [0, 0.05) is 19.0 Å². The van der Waals surface area contributed by atoms with Crippen molar-refractivity contribution in [3.63, 3.8) is 0 Å². The van der Waals surface area contributed by atoms with E-state index in [1.807, 2.05) is 30.3 Å². The lowest BCUT2D eigenvalue weighted by atomic mass is 10.0. The molecule has 11 heteroatoms. The van der Waals surface area contributed by atoms with Crippen molar-refractivity contribution in [3.8, 4) is 11.4 Å². The maximum absolute atomic E-state index is 13.0. The number of imide groups is 2. The van der Waals surface area contributed by atoms with Gasteiger partial charge in [-0.1, -0.05) is 35.5 Å². The highest BCUT2D eigenvalue weighted by Crippen LogP contribution is 2.32.